The number of ether oxygens (including phenoxy) is 1. The molecule has 1 saturated heterocycles. The zero-order valence-electron chi connectivity index (χ0n) is 12.6. The number of nitrogens with two attached hydrogens (primary N) is 1. The van der Waals surface area contributed by atoms with E-state index in [4.69, 9.17) is 10.5 Å². The molecular weight excluding hydrogens is 290 g/mol. The Balaban J connectivity index is 2.08. The van der Waals surface area contributed by atoms with Crippen LogP contribution in [0.15, 0.2) is 23.1 Å². The van der Waals surface area contributed by atoms with Crippen LogP contribution in [-0.4, -0.2) is 58.0 Å². The maximum Gasteiger partial charge on any atom is 0.242 e. The summed E-state index contributed by atoms with van der Waals surface area (Å²) in [5.41, 5.74) is 6.15. The zero-order chi connectivity index (χ0) is 15.5. The summed E-state index contributed by atoms with van der Waals surface area (Å²) in [4.78, 5) is 2.49. The molecule has 1 aromatic carbocycles. The van der Waals surface area contributed by atoms with Gasteiger partial charge in [0, 0.05) is 26.2 Å². The van der Waals surface area contributed by atoms with E-state index < -0.39 is 10.0 Å². The number of methoxy groups -OCH3 is 1. The first-order valence-corrected chi connectivity index (χ1v) is 8.51. The van der Waals surface area contributed by atoms with Crippen LogP contribution in [0.25, 0.3) is 0 Å². The van der Waals surface area contributed by atoms with Crippen LogP contribution in [0.3, 0.4) is 0 Å². The Labute approximate surface area is 126 Å². The van der Waals surface area contributed by atoms with Crippen LogP contribution in [0.4, 0.5) is 5.69 Å². The Kier molecular flexibility index (Phi) is 5.08. The van der Waals surface area contributed by atoms with Crippen LogP contribution in [0, 0.1) is 0 Å². The maximum atomic E-state index is 12.5. The van der Waals surface area contributed by atoms with Crippen LogP contribution in [0.1, 0.15) is 12.8 Å². The summed E-state index contributed by atoms with van der Waals surface area (Å²) >= 11 is 0. The second kappa shape index (κ2) is 6.64. The molecule has 0 saturated carbocycles. The van der Waals surface area contributed by atoms with Crippen LogP contribution >= 0.6 is 0 Å². The van der Waals surface area contributed by atoms with Crippen molar-refractivity contribution < 1.29 is 13.2 Å². The number of sulfonamides is 1. The van der Waals surface area contributed by atoms with Crippen molar-refractivity contribution in [1.82, 2.24) is 9.21 Å². The van der Waals surface area contributed by atoms with Gasteiger partial charge in [0.05, 0.1) is 17.7 Å². The van der Waals surface area contributed by atoms with E-state index in [0.717, 1.165) is 19.6 Å². The van der Waals surface area contributed by atoms with Crippen LogP contribution < -0.4 is 10.5 Å². The fourth-order valence-corrected chi connectivity index (χ4v) is 3.62. The monoisotopic (exact) mass is 313 g/mol. The second-order valence-corrected chi connectivity index (χ2v) is 7.32. The number of benzene rings is 1. The Hall–Kier alpha value is -1.31. The van der Waals surface area contributed by atoms with Crippen molar-refractivity contribution in [2.45, 2.75) is 17.7 Å². The molecule has 1 aromatic rings. The van der Waals surface area contributed by atoms with E-state index in [1.165, 1.54) is 36.4 Å². The minimum absolute atomic E-state index is 0.206. The molecule has 0 radical (unpaired) electrons. The normalized spacial score (nSPS) is 16.5. The number of likely N-dealkylation sites (tertiary alicyclic amines) is 1. The lowest BCUT2D eigenvalue weighted by atomic mass is 10.3. The molecule has 1 fully saturated rings. The Morgan fingerprint density at radius 1 is 1.33 bits per heavy atom. The summed E-state index contributed by atoms with van der Waals surface area (Å²) in [6.45, 7) is 3.37. The molecule has 21 heavy (non-hydrogen) atoms. The van der Waals surface area contributed by atoms with Crippen molar-refractivity contribution >= 4 is 15.7 Å². The smallest absolute Gasteiger partial charge is 0.242 e. The largest absolute Gasteiger partial charge is 0.495 e. The zero-order valence-corrected chi connectivity index (χ0v) is 13.4. The maximum absolute atomic E-state index is 12.5. The molecule has 6 nitrogen and oxygen atoms in total. The van der Waals surface area contributed by atoms with Gasteiger partial charge in [-0.3, -0.25) is 0 Å². The van der Waals surface area contributed by atoms with Gasteiger partial charge in [0.15, 0.2) is 0 Å². The van der Waals surface area contributed by atoms with Gasteiger partial charge in [0.2, 0.25) is 10.0 Å². The molecule has 0 unspecified atom stereocenters. The summed E-state index contributed by atoms with van der Waals surface area (Å²) < 4.78 is 31.5. The summed E-state index contributed by atoms with van der Waals surface area (Å²) in [7, 11) is -0.432. The first-order chi connectivity index (χ1) is 9.95. The third-order valence-corrected chi connectivity index (χ3v) is 5.70. The number of hydrogen-bond acceptors (Lipinski definition) is 5. The lowest BCUT2D eigenvalue weighted by molar-refractivity contribution is 0.310. The van der Waals surface area contributed by atoms with Crippen molar-refractivity contribution in [3.05, 3.63) is 18.2 Å². The molecule has 0 atom stereocenters. The first kappa shape index (κ1) is 16.1. The first-order valence-electron chi connectivity index (χ1n) is 7.07. The molecule has 0 aromatic heterocycles. The number of hydrogen-bond donors (Lipinski definition) is 1. The average Bonchev–Trinajstić information content (AvgIpc) is 2.98. The van der Waals surface area contributed by atoms with Gasteiger partial charge in [-0.25, -0.2) is 8.42 Å². The van der Waals surface area contributed by atoms with Gasteiger partial charge >= 0.3 is 0 Å². The lowest BCUT2D eigenvalue weighted by Gasteiger charge is -2.21. The third-order valence-electron chi connectivity index (χ3n) is 3.84. The van der Waals surface area contributed by atoms with Crippen LogP contribution in [-0.2, 0) is 10.0 Å². The van der Waals surface area contributed by atoms with Crippen LogP contribution in [0.2, 0.25) is 0 Å². The highest BCUT2D eigenvalue weighted by molar-refractivity contribution is 7.89. The van der Waals surface area contributed by atoms with Gasteiger partial charge in [0.1, 0.15) is 5.75 Å². The minimum Gasteiger partial charge on any atom is -0.495 e. The summed E-state index contributed by atoms with van der Waals surface area (Å²) in [6, 6.07) is 4.54. The SMILES string of the molecule is COc1cc(S(=O)(=O)N(C)CCN2CCCC2)ccc1N. The second-order valence-electron chi connectivity index (χ2n) is 5.28. The van der Waals surface area contributed by atoms with Crippen molar-refractivity contribution in [3.63, 3.8) is 0 Å². The van der Waals surface area contributed by atoms with E-state index in [1.54, 1.807) is 13.1 Å². The fraction of sp³-hybridized carbons (Fsp3) is 0.571. The number of rotatable bonds is 6. The fourth-order valence-electron chi connectivity index (χ4n) is 2.44. The van der Waals surface area contributed by atoms with Crippen molar-refractivity contribution in [3.8, 4) is 5.75 Å². The highest BCUT2D eigenvalue weighted by Gasteiger charge is 2.23. The van der Waals surface area contributed by atoms with Crippen molar-refractivity contribution in [1.29, 1.82) is 0 Å². The topological polar surface area (TPSA) is 75.9 Å². The summed E-state index contributed by atoms with van der Waals surface area (Å²) in [5, 5.41) is 0. The number of anilines is 1. The summed E-state index contributed by atoms with van der Waals surface area (Å²) in [5.74, 6) is 0.379. The Bertz CT molecular complexity index is 583. The van der Waals surface area contributed by atoms with Gasteiger partial charge in [-0.1, -0.05) is 0 Å². The predicted molar refractivity (Wildman–Crippen MR) is 82.9 cm³/mol. The molecule has 0 aliphatic carbocycles. The third kappa shape index (κ3) is 3.66. The Morgan fingerprint density at radius 2 is 2.00 bits per heavy atom. The molecule has 0 bridgehead atoms. The molecule has 2 rings (SSSR count). The highest BCUT2D eigenvalue weighted by Crippen LogP contribution is 2.26. The molecular formula is C14H23N3O3S. The van der Waals surface area contributed by atoms with E-state index in [9.17, 15) is 8.42 Å². The summed E-state index contributed by atoms with van der Waals surface area (Å²) in [6.07, 6.45) is 2.40. The molecule has 1 aliphatic heterocycles. The molecule has 0 amide bonds. The molecule has 118 valence electrons. The number of likely N-dealkylation sites (N-methyl/N-ethyl adjacent to an activating group) is 1. The molecule has 1 aliphatic rings. The molecule has 7 heteroatoms. The number of nitrogen functional groups attached to an aromatic ring is 1. The highest BCUT2D eigenvalue weighted by atomic mass is 32.2. The van der Waals surface area contributed by atoms with Crippen molar-refractivity contribution in [2.75, 3.05) is 46.1 Å². The van der Waals surface area contributed by atoms with E-state index >= 15 is 0 Å². The van der Waals surface area contributed by atoms with Gasteiger partial charge in [-0.15, -0.1) is 0 Å². The van der Waals surface area contributed by atoms with Gasteiger partial charge in [-0.05, 0) is 38.1 Å². The lowest BCUT2D eigenvalue weighted by Crippen LogP contribution is -2.35. The standard InChI is InChI=1S/C14H23N3O3S/c1-16(9-10-17-7-3-4-8-17)21(18,19)12-5-6-13(15)14(11-12)20-2/h5-6,11H,3-4,7-10,15H2,1-2H3. The number of nitrogens with zero attached hydrogens (tertiary/aromatic N) is 2. The molecule has 1 heterocycles. The van der Waals surface area contributed by atoms with Crippen molar-refractivity contribution in [2.24, 2.45) is 0 Å². The quantitative estimate of drug-likeness (QED) is 0.793. The average molecular weight is 313 g/mol. The van der Waals surface area contributed by atoms with Gasteiger partial charge in [0.25, 0.3) is 0 Å². The van der Waals surface area contributed by atoms with E-state index in [-0.39, 0.29) is 4.90 Å². The predicted octanol–water partition coefficient (Wildman–Crippen LogP) is 0.994. The van der Waals surface area contributed by atoms with Gasteiger partial charge in [-0.2, -0.15) is 4.31 Å². The minimum atomic E-state index is -3.51. The van der Waals surface area contributed by atoms with Crippen LogP contribution in [0.5, 0.6) is 5.75 Å². The van der Waals surface area contributed by atoms with E-state index in [0.29, 0.717) is 18.0 Å². The van der Waals surface area contributed by atoms with E-state index in [1.807, 2.05) is 0 Å². The van der Waals surface area contributed by atoms with E-state index in [2.05, 4.69) is 4.90 Å². The van der Waals surface area contributed by atoms with Gasteiger partial charge < -0.3 is 15.4 Å². The Morgan fingerprint density at radius 3 is 2.62 bits per heavy atom. The molecule has 0 spiro atoms. The molecule has 2 N–H and O–H groups in total.